The van der Waals surface area contributed by atoms with Crippen LogP contribution in [0.3, 0.4) is 0 Å². The lowest BCUT2D eigenvalue weighted by Crippen LogP contribution is -2.47. The van der Waals surface area contributed by atoms with Crippen LogP contribution in [0.25, 0.3) is 0 Å². The van der Waals surface area contributed by atoms with E-state index in [1.54, 1.807) is 0 Å². The standard InChI is InChI=1S/C13H32OSi2/c1-10(2)15(11(3)4)14-16(9,12(5)6)13(7)8/h10-13,15H,1-9H3. The molecule has 0 unspecified atom stereocenters. The van der Waals surface area contributed by atoms with Crippen molar-refractivity contribution in [2.45, 2.75) is 84.1 Å². The molecule has 0 amide bonds. The molecule has 0 atom stereocenters. The van der Waals surface area contributed by atoms with E-state index in [2.05, 4.69) is 61.9 Å². The smallest absolute Gasteiger partial charge is 0.181 e. The molecular formula is C13H32OSi2. The molecule has 1 nitrogen and oxygen atoms in total. The first kappa shape index (κ1) is 16.4. The van der Waals surface area contributed by atoms with Gasteiger partial charge in [0.25, 0.3) is 0 Å². The second kappa shape index (κ2) is 6.36. The minimum absolute atomic E-state index is 0.722. The van der Waals surface area contributed by atoms with E-state index in [4.69, 9.17) is 4.12 Å². The summed E-state index contributed by atoms with van der Waals surface area (Å²) in [5, 5.41) is 0. The SMILES string of the molecule is CC(C)[SiH](O[Si](C)(C(C)C)C(C)C)C(C)C. The normalized spacial score (nSPS) is 13.9. The summed E-state index contributed by atoms with van der Waals surface area (Å²) < 4.78 is 6.76. The minimum atomic E-state index is -1.53. The Balaban J connectivity index is 4.86. The summed E-state index contributed by atoms with van der Waals surface area (Å²) in [7, 11) is -2.59. The highest BCUT2D eigenvalue weighted by molar-refractivity contribution is 6.81. The molecule has 16 heavy (non-hydrogen) atoms. The van der Waals surface area contributed by atoms with Gasteiger partial charge in [-0.2, -0.15) is 0 Å². The van der Waals surface area contributed by atoms with Crippen molar-refractivity contribution in [1.29, 1.82) is 0 Å². The van der Waals surface area contributed by atoms with Crippen LogP contribution in [0.1, 0.15) is 55.4 Å². The fraction of sp³-hybridized carbons (Fsp3) is 1.00. The lowest BCUT2D eigenvalue weighted by molar-refractivity contribution is 0.491. The Morgan fingerprint density at radius 3 is 1.25 bits per heavy atom. The Labute approximate surface area is 106 Å². The quantitative estimate of drug-likeness (QED) is 0.615. The van der Waals surface area contributed by atoms with E-state index in [0.29, 0.717) is 0 Å². The molecule has 0 aromatic carbocycles. The Kier molecular flexibility index (Phi) is 6.52. The Bertz CT molecular complexity index is 184. The average Bonchev–Trinajstić information content (AvgIpc) is 2.11. The van der Waals surface area contributed by atoms with Gasteiger partial charge in [-0.05, 0) is 28.7 Å². The second-order valence-electron chi connectivity index (χ2n) is 6.56. The van der Waals surface area contributed by atoms with E-state index in [9.17, 15) is 0 Å². The fourth-order valence-electron chi connectivity index (χ4n) is 2.27. The van der Waals surface area contributed by atoms with E-state index >= 15 is 0 Å². The Morgan fingerprint density at radius 2 is 1.06 bits per heavy atom. The molecule has 0 saturated heterocycles. The van der Waals surface area contributed by atoms with Gasteiger partial charge in [-0.3, -0.25) is 0 Å². The minimum Gasteiger partial charge on any atom is -0.457 e. The maximum absolute atomic E-state index is 6.76. The van der Waals surface area contributed by atoms with Crippen molar-refractivity contribution in [1.82, 2.24) is 0 Å². The van der Waals surface area contributed by atoms with Crippen LogP contribution >= 0.6 is 0 Å². The molecular weight excluding hydrogens is 228 g/mol. The molecule has 0 bridgehead atoms. The Morgan fingerprint density at radius 1 is 0.750 bits per heavy atom. The lowest BCUT2D eigenvalue weighted by Gasteiger charge is -2.41. The predicted molar refractivity (Wildman–Crippen MR) is 80.2 cm³/mol. The van der Waals surface area contributed by atoms with Crippen LogP contribution in [-0.4, -0.2) is 17.4 Å². The molecule has 0 spiro atoms. The summed E-state index contributed by atoms with van der Waals surface area (Å²) in [6.07, 6.45) is 0. The van der Waals surface area contributed by atoms with Gasteiger partial charge in [-0.15, -0.1) is 0 Å². The molecule has 0 rings (SSSR count). The summed E-state index contributed by atoms with van der Waals surface area (Å²) in [5.74, 6) is 0. The van der Waals surface area contributed by atoms with E-state index in [-0.39, 0.29) is 0 Å². The van der Waals surface area contributed by atoms with Crippen LogP contribution < -0.4 is 0 Å². The highest BCUT2D eigenvalue weighted by Gasteiger charge is 2.40. The van der Waals surface area contributed by atoms with Crippen molar-refractivity contribution in [3.8, 4) is 0 Å². The monoisotopic (exact) mass is 260 g/mol. The van der Waals surface area contributed by atoms with Gasteiger partial charge in [0.2, 0.25) is 0 Å². The molecule has 0 aliphatic heterocycles. The predicted octanol–water partition coefficient (Wildman–Crippen LogP) is 4.94. The summed E-state index contributed by atoms with van der Waals surface area (Å²) in [6.45, 7) is 21.2. The molecule has 0 radical (unpaired) electrons. The first-order valence-corrected chi connectivity index (χ1v) is 11.2. The third kappa shape index (κ3) is 4.00. The fourth-order valence-corrected chi connectivity index (χ4v) is 11.8. The van der Waals surface area contributed by atoms with Crippen LogP contribution in [0, 0.1) is 0 Å². The molecule has 0 N–H and O–H groups in total. The average molecular weight is 261 g/mol. The van der Waals surface area contributed by atoms with Crippen molar-refractivity contribution >= 4 is 17.4 Å². The highest BCUT2D eigenvalue weighted by atomic mass is 28.4. The zero-order chi connectivity index (χ0) is 13.1. The molecule has 0 aromatic rings. The molecule has 0 heterocycles. The van der Waals surface area contributed by atoms with Crippen molar-refractivity contribution in [2.24, 2.45) is 0 Å². The van der Waals surface area contributed by atoms with Crippen LogP contribution in [0.15, 0.2) is 0 Å². The van der Waals surface area contributed by atoms with Gasteiger partial charge in [-0.1, -0.05) is 55.4 Å². The third-order valence-electron chi connectivity index (χ3n) is 4.00. The van der Waals surface area contributed by atoms with Gasteiger partial charge < -0.3 is 4.12 Å². The van der Waals surface area contributed by atoms with E-state index in [1.165, 1.54) is 0 Å². The molecule has 0 aromatic heterocycles. The van der Waals surface area contributed by atoms with Crippen LogP contribution in [0.5, 0.6) is 0 Å². The zero-order valence-corrected chi connectivity index (χ0v) is 14.9. The number of hydrogen-bond donors (Lipinski definition) is 0. The van der Waals surface area contributed by atoms with Crippen molar-refractivity contribution in [2.75, 3.05) is 0 Å². The summed E-state index contributed by atoms with van der Waals surface area (Å²) in [5.41, 5.74) is 2.95. The van der Waals surface area contributed by atoms with Crippen LogP contribution in [0.2, 0.25) is 28.7 Å². The number of hydrogen-bond acceptors (Lipinski definition) is 1. The van der Waals surface area contributed by atoms with Gasteiger partial charge >= 0.3 is 0 Å². The summed E-state index contributed by atoms with van der Waals surface area (Å²) in [4.78, 5) is 0. The second-order valence-corrected chi connectivity index (χ2v) is 15.8. The maximum Gasteiger partial charge on any atom is 0.181 e. The molecule has 3 heteroatoms. The first-order valence-electron chi connectivity index (χ1n) is 6.80. The zero-order valence-electron chi connectivity index (χ0n) is 12.8. The molecule has 0 saturated carbocycles. The topological polar surface area (TPSA) is 9.23 Å². The van der Waals surface area contributed by atoms with E-state index in [0.717, 1.165) is 22.2 Å². The van der Waals surface area contributed by atoms with Crippen LogP contribution in [-0.2, 0) is 4.12 Å². The lowest BCUT2D eigenvalue weighted by atomic mass is 10.5. The molecule has 0 fully saturated rings. The van der Waals surface area contributed by atoms with Gasteiger partial charge in [0, 0.05) is 0 Å². The summed E-state index contributed by atoms with van der Waals surface area (Å²) >= 11 is 0. The van der Waals surface area contributed by atoms with Gasteiger partial charge in [0.05, 0.1) is 0 Å². The van der Waals surface area contributed by atoms with Crippen molar-refractivity contribution in [3.05, 3.63) is 0 Å². The Hall–Kier alpha value is 0.394. The number of rotatable bonds is 6. The van der Waals surface area contributed by atoms with Gasteiger partial charge in [-0.25, -0.2) is 0 Å². The first-order chi connectivity index (χ1) is 7.12. The van der Waals surface area contributed by atoms with E-state index in [1.807, 2.05) is 0 Å². The molecule has 0 aliphatic carbocycles. The van der Waals surface area contributed by atoms with Gasteiger partial charge in [0.1, 0.15) is 0 Å². The van der Waals surface area contributed by atoms with Crippen LogP contribution in [0.4, 0.5) is 0 Å². The highest BCUT2D eigenvalue weighted by Crippen LogP contribution is 2.37. The largest absolute Gasteiger partial charge is 0.457 e. The molecule has 98 valence electrons. The van der Waals surface area contributed by atoms with Gasteiger partial charge in [0.15, 0.2) is 17.4 Å². The summed E-state index contributed by atoms with van der Waals surface area (Å²) in [6, 6.07) is 0. The molecule has 0 aliphatic rings. The van der Waals surface area contributed by atoms with E-state index < -0.39 is 17.4 Å². The van der Waals surface area contributed by atoms with Crippen molar-refractivity contribution < 1.29 is 4.12 Å². The maximum atomic E-state index is 6.76. The third-order valence-corrected chi connectivity index (χ3v) is 14.3. The van der Waals surface area contributed by atoms with Crippen molar-refractivity contribution in [3.63, 3.8) is 0 Å².